The van der Waals surface area contributed by atoms with Gasteiger partial charge in [-0.05, 0) is 30.8 Å². The van der Waals surface area contributed by atoms with Crippen molar-refractivity contribution in [2.45, 2.75) is 13.8 Å². The van der Waals surface area contributed by atoms with Crippen molar-refractivity contribution in [3.63, 3.8) is 0 Å². The lowest BCUT2D eigenvalue weighted by molar-refractivity contribution is 0.125. The van der Waals surface area contributed by atoms with Crippen LogP contribution in [-0.2, 0) is 0 Å². The van der Waals surface area contributed by atoms with Crippen LogP contribution in [0.15, 0.2) is 91.0 Å². The zero-order chi connectivity index (χ0) is 20.2. The molecular formula is C23H27N2O2P. The number of hydrogen-bond acceptors (Lipinski definition) is 2. The molecule has 0 saturated heterocycles. The van der Waals surface area contributed by atoms with Crippen LogP contribution in [0.2, 0.25) is 0 Å². The molecule has 0 unspecified atom stereocenters. The highest BCUT2D eigenvalue weighted by Crippen LogP contribution is 2.32. The Bertz CT molecular complexity index is 720. The van der Waals surface area contributed by atoms with Gasteiger partial charge in [0.15, 0.2) is 0 Å². The van der Waals surface area contributed by atoms with E-state index in [4.69, 9.17) is 5.11 Å². The van der Waals surface area contributed by atoms with Gasteiger partial charge in [-0.15, -0.1) is 0 Å². The molecule has 0 aliphatic heterocycles. The third-order valence-electron chi connectivity index (χ3n) is 3.94. The van der Waals surface area contributed by atoms with Crippen LogP contribution in [0.4, 0.5) is 4.79 Å². The zero-order valence-electron chi connectivity index (χ0n) is 16.3. The number of benzene rings is 3. The molecule has 0 bridgehead atoms. The fraction of sp³-hybridized carbons (Fsp3) is 0.174. The molecule has 1 amide bonds. The lowest BCUT2D eigenvalue weighted by Gasteiger charge is -2.18. The summed E-state index contributed by atoms with van der Waals surface area (Å²) in [6, 6.07) is 32.3. The second kappa shape index (κ2) is 11.9. The summed E-state index contributed by atoms with van der Waals surface area (Å²) < 4.78 is 0. The topological polar surface area (TPSA) is 52.6 Å². The van der Waals surface area contributed by atoms with E-state index in [1.165, 1.54) is 15.9 Å². The molecule has 3 aromatic carbocycles. The minimum atomic E-state index is -0.931. The fourth-order valence-electron chi connectivity index (χ4n) is 2.68. The Labute approximate surface area is 168 Å². The highest BCUT2D eigenvalue weighted by molar-refractivity contribution is 7.79. The quantitative estimate of drug-likeness (QED) is 0.492. The van der Waals surface area contributed by atoms with Gasteiger partial charge in [0.05, 0.1) is 0 Å². The average Bonchev–Trinajstić information content (AvgIpc) is 2.75. The first kappa shape index (κ1) is 21.6. The van der Waals surface area contributed by atoms with Gasteiger partial charge in [-0.25, -0.2) is 15.2 Å². The van der Waals surface area contributed by atoms with E-state index in [-0.39, 0.29) is 0 Å². The second-order valence-electron chi connectivity index (χ2n) is 5.88. The Morgan fingerprint density at radius 2 is 1.14 bits per heavy atom. The maximum Gasteiger partial charge on any atom is 0.421 e. The molecule has 4 nitrogen and oxygen atoms in total. The first-order chi connectivity index (χ1) is 13.7. The van der Waals surface area contributed by atoms with Gasteiger partial charge in [0.1, 0.15) is 0 Å². The van der Waals surface area contributed by atoms with Crippen LogP contribution >= 0.6 is 7.92 Å². The number of hydrogen-bond donors (Lipinski definition) is 2. The molecule has 0 saturated carbocycles. The molecule has 0 aliphatic carbocycles. The van der Waals surface area contributed by atoms with Crippen molar-refractivity contribution in [1.82, 2.24) is 10.4 Å². The van der Waals surface area contributed by atoms with Crippen LogP contribution in [0.5, 0.6) is 0 Å². The van der Waals surface area contributed by atoms with E-state index in [1.807, 2.05) is 6.92 Å². The van der Waals surface area contributed by atoms with E-state index >= 15 is 0 Å². The molecule has 0 spiro atoms. The van der Waals surface area contributed by atoms with Crippen molar-refractivity contribution >= 4 is 29.9 Å². The standard InChI is InChI=1S/C18H15P.C5H12N2O2/c1-4-10-16(11-5-1)19(17-12-6-2-7-13-17)18-14-8-3-9-15-18;1-3-6-7(4-2)5(8)9/h1-15H;6H,3-4H2,1-2H3,(H,8,9). The summed E-state index contributed by atoms with van der Waals surface area (Å²) in [7, 11) is -0.446. The van der Waals surface area contributed by atoms with Crippen LogP contribution in [-0.4, -0.2) is 29.3 Å². The molecule has 0 aliphatic rings. The second-order valence-corrected chi connectivity index (χ2v) is 8.10. The predicted molar refractivity (Wildman–Crippen MR) is 119 cm³/mol. The number of hydrazine groups is 1. The molecule has 146 valence electrons. The summed E-state index contributed by atoms with van der Waals surface area (Å²) in [5, 5.41) is 13.7. The maximum atomic E-state index is 10.2. The number of carboxylic acid groups (broad SMARTS) is 1. The Balaban J connectivity index is 0.000000266. The smallest absolute Gasteiger partial charge is 0.421 e. The van der Waals surface area contributed by atoms with E-state index in [2.05, 4.69) is 96.4 Å². The molecule has 5 heteroatoms. The Kier molecular flexibility index (Phi) is 9.20. The molecule has 0 heterocycles. The number of rotatable bonds is 6. The number of nitrogens with one attached hydrogen (secondary N) is 1. The predicted octanol–water partition coefficient (Wildman–Crippen LogP) is 3.96. The van der Waals surface area contributed by atoms with E-state index in [0.29, 0.717) is 13.1 Å². The molecular weight excluding hydrogens is 367 g/mol. The van der Waals surface area contributed by atoms with E-state index in [1.54, 1.807) is 6.92 Å². The lowest BCUT2D eigenvalue weighted by Crippen LogP contribution is -2.41. The highest BCUT2D eigenvalue weighted by atomic mass is 31.1. The first-order valence-corrected chi connectivity index (χ1v) is 10.7. The van der Waals surface area contributed by atoms with Crippen LogP contribution in [0, 0.1) is 0 Å². The van der Waals surface area contributed by atoms with Gasteiger partial charge in [0, 0.05) is 13.1 Å². The third-order valence-corrected chi connectivity index (χ3v) is 6.38. The van der Waals surface area contributed by atoms with E-state index in [0.717, 1.165) is 5.01 Å². The number of amides is 1. The average molecular weight is 394 g/mol. The number of nitrogens with zero attached hydrogens (tertiary/aromatic N) is 1. The summed E-state index contributed by atoms with van der Waals surface area (Å²) in [5.41, 5.74) is 2.67. The SMILES string of the molecule is CCNN(CC)C(=O)O.c1ccc(P(c2ccccc2)c2ccccc2)cc1. The molecule has 3 rings (SSSR count). The van der Waals surface area contributed by atoms with Gasteiger partial charge in [0.25, 0.3) is 0 Å². The van der Waals surface area contributed by atoms with Crippen molar-refractivity contribution in [2.75, 3.05) is 13.1 Å². The van der Waals surface area contributed by atoms with Crippen LogP contribution < -0.4 is 21.3 Å². The minimum Gasteiger partial charge on any atom is -0.464 e. The highest BCUT2D eigenvalue weighted by Gasteiger charge is 2.14. The Morgan fingerprint density at radius 3 is 1.36 bits per heavy atom. The third kappa shape index (κ3) is 6.49. The normalized spacial score (nSPS) is 10.1. The first-order valence-electron chi connectivity index (χ1n) is 9.36. The van der Waals surface area contributed by atoms with Gasteiger partial charge in [-0.2, -0.15) is 0 Å². The van der Waals surface area contributed by atoms with Crippen LogP contribution in [0.25, 0.3) is 0 Å². The van der Waals surface area contributed by atoms with Gasteiger partial charge in [-0.1, -0.05) is 97.9 Å². The van der Waals surface area contributed by atoms with Crippen molar-refractivity contribution in [2.24, 2.45) is 0 Å². The fourth-order valence-corrected chi connectivity index (χ4v) is 4.99. The molecule has 2 N–H and O–H groups in total. The Morgan fingerprint density at radius 1 is 0.786 bits per heavy atom. The van der Waals surface area contributed by atoms with Gasteiger partial charge < -0.3 is 5.11 Å². The molecule has 0 aromatic heterocycles. The van der Waals surface area contributed by atoms with Gasteiger partial charge in [0.2, 0.25) is 0 Å². The molecule has 3 aromatic rings. The van der Waals surface area contributed by atoms with Crippen molar-refractivity contribution in [3.8, 4) is 0 Å². The molecule has 0 radical (unpaired) electrons. The minimum absolute atomic E-state index is 0.446. The summed E-state index contributed by atoms with van der Waals surface area (Å²) >= 11 is 0. The van der Waals surface area contributed by atoms with Crippen molar-refractivity contribution in [3.05, 3.63) is 91.0 Å². The van der Waals surface area contributed by atoms with Crippen LogP contribution in [0.3, 0.4) is 0 Å². The summed E-state index contributed by atoms with van der Waals surface area (Å²) in [4.78, 5) is 10.2. The van der Waals surface area contributed by atoms with Gasteiger partial charge in [-0.3, -0.25) is 0 Å². The largest absolute Gasteiger partial charge is 0.464 e. The molecule has 28 heavy (non-hydrogen) atoms. The van der Waals surface area contributed by atoms with E-state index in [9.17, 15) is 4.79 Å². The zero-order valence-corrected chi connectivity index (χ0v) is 17.2. The summed E-state index contributed by atoms with van der Waals surface area (Å²) in [6.45, 7) is 4.74. The summed E-state index contributed by atoms with van der Waals surface area (Å²) in [6.07, 6.45) is -0.931. The van der Waals surface area contributed by atoms with Crippen molar-refractivity contribution < 1.29 is 9.90 Å². The lowest BCUT2D eigenvalue weighted by atomic mass is 10.4. The van der Waals surface area contributed by atoms with Gasteiger partial charge >= 0.3 is 6.09 Å². The molecule has 0 fully saturated rings. The molecule has 0 atom stereocenters. The Hall–Kier alpha value is -2.68. The summed E-state index contributed by atoms with van der Waals surface area (Å²) in [5.74, 6) is 0. The maximum absolute atomic E-state index is 10.2. The van der Waals surface area contributed by atoms with Crippen molar-refractivity contribution in [1.29, 1.82) is 0 Å². The van der Waals surface area contributed by atoms with E-state index < -0.39 is 14.0 Å². The monoisotopic (exact) mass is 394 g/mol. The van der Waals surface area contributed by atoms with Crippen LogP contribution in [0.1, 0.15) is 13.8 Å². The number of carbonyl (C=O) groups is 1.